The molecule has 1 aliphatic rings. The quantitative estimate of drug-likeness (QED) is 0.178. The summed E-state index contributed by atoms with van der Waals surface area (Å²) >= 11 is 0. The third kappa shape index (κ3) is 6.41. The van der Waals surface area contributed by atoms with E-state index in [1.807, 2.05) is 36.4 Å². The van der Waals surface area contributed by atoms with Crippen molar-refractivity contribution in [2.75, 3.05) is 11.9 Å². The van der Waals surface area contributed by atoms with Gasteiger partial charge in [-0.3, -0.25) is 9.99 Å². The summed E-state index contributed by atoms with van der Waals surface area (Å²) in [7, 11) is 0. The Morgan fingerprint density at radius 1 is 0.907 bits per heavy atom. The number of hydrogen-bond donors (Lipinski definition) is 4. The molecular formula is C31H23F4N7O. The van der Waals surface area contributed by atoms with E-state index in [1.54, 1.807) is 12.1 Å². The number of nitriles is 1. The third-order valence-corrected chi connectivity index (χ3v) is 6.65. The molecule has 1 unspecified atom stereocenters. The summed E-state index contributed by atoms with van der Waals surface area (Å²) in [6.07, 6.45) is 2.22. The van der Waals surface area contributed by atoms with Crippen molar-refractivity contribution in [2.45, 2.75) is 18.1 Å². The number of anilines is 1. The van der Waals surface area contributed by atoms with E-state index in [0.717, 1.165) is 47.0 Å². The van der Waals surface area contributed by atoms with Gasteiger partial charge in [0.05, 0.1) is 18.2 Å². The van der Waals surface area contributed by atoms with Gasteiger partial charge in [0.25, 0.3) is 0 Å². The maximum absolute atomic E-state index is 15.9. The number of hydrogen-bond acceptors (Lipinski definition) is 8. The highest BCUT2D eigenvalue weighted by atomic mass is 19.3. The second-order valence-electron chi connectivity index (χ2n) is 9.58. The zero-order valence-electron chi connectivity index (χ0n) is 22.3. The zero-order valence-corrected chi connectivity index (χ0v) is 22.3. The second kappa shape index (κ2) is 12.2. The number of nitrogens with zero attached hydrogens (tertiary/aromatic N) is 4. The molecule has 1 atom stereocenters. The summed E-state index contributed by atoms with van der Waals surface area (Å²) in [4.78, 5) is 3.83. The van der Waals surface area contributed by atoms with Gasteiger partial charge >= 0.3 is 5.92 Å². The van der Waals surface area contributed by atoms with E-state index in [-0.39, 0.29) is 0 Å². The molecule has 5 rings (SSSR count). The zero-order chi connectivity index (χ0) is 30.5. The van der Waals surface area contributed by atoms with Crippen LogP contribution in [0.3, 0.4) is 0 Å². The van der Waals surface area contributed by atoms with Gasteiger partial charge < -0.3 is 10.4 Å². The van der Waals surface area contributed by atoms with Crippen LogP contribution in [-0.2, 0) is 18.1 Å². The number of pyridine rings is 1. The highest BCUT2D eigenvalue weighted by Crippen LogP contribution is 2.46. The number of halogens is 4. The SMILES string of the molecule is N#Cc1ccc(NCc2ccc(C#Cc3ccc(C(F)(F)C(O)(CN4C=NNN4)c4ccc(F)cc4F)nc3)cc2)cc1. The van der Waals surface area contributed by atoms with Crippen molar-refractivity contribution in [2.24, 2.45) is 5.10 Å². The van der Waals surface area contributed by atoms with Crippen LogP contribution in [0.1, 0.15) is 33.5 Å². The van der Waals surface area contributed by atoms with Crippen molar-refractivity contribution in [3.05, 3.63) is 130 Å². The van der Waals surface area contributed by atoms with Crippen LogP contribution in [-0.4, -0.2) is 28.0 Å². The lowest BCUT2D eigenvalue weighted by atomic mass is 9.84. The van der Waals surface area contributed by atoms with E-state index >= 15 is 8.78 Å². The molecule has 2 heterocycles. The minimum atomic E-state index is -4.13. The van der Waals surface area contributed by atoms with Crippen molar-refractivity contribution >= 4 is 12.0 Å². The number of aromatic nitrogens is 1. The predicted octanol–water partition coefficient (Wildman–Crippen LogP) is 4.49. The minimum absolute atomic E-state index is 0.333. The molecule has 4 aromatic rings. The standard InChI is InChI=1S/C31H23F4N7O/c32-25-10-13-27(28(33)15-25)30(43,19-42-20-39-40-41-42)31(34,35)29-14-9-24(18-38-29)6-3-21-1-4-23(5-2-21)17-37-26-11-7-22(16-36)8-12-26/h1-2,4-5,7-15,18,20,37,40-41,43H,17,19H2. The van der Waals surface area contributed by atoms with Gasteiger partial charge in [-0.05, 0) is 66.2 Å². The number of alkyl halides is 2. The molecule has 1 aliphatic heterocycles. The summed E-state index contributed by atoms with van der Waals surface area (Å²) in [6, 6.07) is 20.9. The molecule has 0 saturated heterocycles. The Morgan fingerprint density at radius 2 is 1.60 bits per heavy atom. The van der Waals surface area contributed by atoms with Crippen LogP contribution in [0.15, 0.2) is 90.2 Å². The largest absolute Gasteiger partial charge is 0.381 e. The van der Waals surface area contributed by atoms with Gasteiger partial charge in [0.2, 0.25) is 0 Å². The van der Waals surface area contributed by atoms with Gasteiger partial charge in [-0.2, -0.15) is 19.1 Å². The number of hydrazine groups is 2. The average Bonchev–Trinajstić information content (AvgIpc) is 3.52. The molecule has 12 heteroatoms. The maximum Gasteiger partial charge on any atom is 0.323 e. The van der Waals surface area contributed by atoms with Crippen LogP contribution in [0, 0.1) is 34.8 Å². The molecule has 0 saturated carbocycles. The van der Waals surface area contributed by atoms with E-state index in [9.17, 15) is 13.9 Å². The molecule has 43 heavy (non-hydrogen) atoms. The Morgan fingerprint density at radius 3 is 2.23 bits per heavy atom. The first-order chi connectivity index (χ1) is 20.7. The molecular weight excluding hydrogens is 562 g/mol. The first-order valence-electron chi connectivity index (χ1n) is 12.9. The van der Waals surface area contributed by atoms with Gasteiger partial charge in [0.15, 0.2) is 5.60 Å². The summed E-state index contributed by atoms with van der Waals surface area (Å²) < 4.78 is 60.0. The van der Waals surface area contributed by atoms with Crippen molar-refractivity contribution in [3.63, 3.8) is 0 Å². The number of benzene rings is 3. The third-order valence-electron chi connectivity index (χ3n) is 6.65. The van der Waals surface area contributed by atoms with E-state index in [0.29, 0.717) is 29.3 Å². The fraction of sp³-hybridized carbons (Fsp3) is 0.129. The number of nitrogens with one attached hydrogen (secondary N) is 3. The van der Waals surface area contributed by atoms with Gasteiger partial charge in [-0.25, -0.2) is 14.3 Å². The Bertz CT molecular complexity index is 1730. The molecule has 216 valence electrons. The van der Waals surface area contributed by atoms with E-state index in [2.05, 4.69) is 44.4 Å². The average molecular weight is 586 g/mol. The first-order valence-corrected chi connectivity index (χ1v) is 12.9. The van der Waals surface area contributed by atoms with Gasteiger partial charge in [0, 0.05) is 41.2 Å². The van der Waals surface area contributed by atoms with Crippen LogP contribution in [0.4, 0.5) is 23.2 Å². The molecule has 0 aliphatic carbocycles. The van der Waals surface area contributed by atoms with Crippen molar-refractivity contribution in [3.8, 4) is 17.9 Å². The van der Waals surface area contributed by atoms with Gasteiger partial charge in [-0.1, -0.05) is 24.0 Å². The molecule has 0 bridgehead atoms. The smallest absolute Gasteiger partial charge is 0.323 e. The van der Waals surface area contributed by atoms with Crippen LogP contribution in [0.5, 0.6) is 0 Å². The Kier molecular flexibility index (Phi) is 8.25. The number of rotatable bonds is 8. The van der Waals surface area contributed by atoms with Gasteiger partial charge in [0.1, 0.15) is 23.7 Å². The molecule has 0 spiro atoms. The van der Waals surface area contributed by atoms with Crippen LogP contribution >= 0.6 is 0 Å². The Hall–Kier alpha value is -5.43. The monoisotopic (exact) mass is 585 g/mol. The fourth-order valence-corrected chi connectivity index (χ4v) is 4.31. The Labute approximate surface area is 244 Å². The van der Waals surface area contributed by atoms with Crippen molar-refractivity contribution in [1.82, 2.24) is 21.1 Å². The topological polar surface area (TPSA) is 109 Å². The summed E-state index contributed by atoms with van der Waals surface area (Å²) in [5.74, 6) is -0.637. The van der Waals surface area contributed by atoms with Crippen molar-refractivity contribution < 1.29 is 22.7 Å². The van der Waals surface area contributed by atoms with Crippen LogP contribution < -0.4 is 16.4 Å². The molecule has 3 aromatic carbocycles. The summed E-state index contributed by atoms with van der Waals surface area (Å²) in [5, 5.41) is 28.1. The Balaban J connectivity index is 1.30. The number of aliphatic hydroxyl groups is 1. The van der Waals surface area contributed by atoms with E-state index in [4.69, 9.17) is 5.26 Å². The molecule has 4 N–H and O–H groups in total. The van der Waals surface area contributed by atoms with Crippen LogP contribution in [0.2, 0.25) is 0 Å². The van der Waals surface area contributed by atoms with Gasteiger partial charge in [-0.15, -0.1) is 5.53 Å². The normalized spacial score (nSPS) is 13.8. The lowest BCUT2D eigenvalue weighted by Gasteiger charge is -2.38. The number of β-amino-alcohol motifs (C(OH)–C–C–N with tert-alkyl or cyclic N) is 1. The lowest BCUT2D eigenvalue weighted by molar-refractivity contribution is -0.206. The number of hydrazone groups is 1. The maximum atomic E-state index is 15.9. The predicted molar refractivity (Wildman–Crippen MR) is 151 cm³/mol. The van der Waals surface area contributed by atoms with E-state index in [1.165, 1.54) is 6.07 Å². The summed E-state index contributed by atoms with van der Waals surface area (Å²) in [5.41, 5.74) is 3.37. The highest BCUT2D eigenvalue weighted by molar-refractivity contribution is 5.55. The highest BCUT2D eigenvalue weighted by Gasteiger charge is 2.58. The van der Waals surface area contributed by atoms with Crippen LogP contribution in [0.25, 0.3) is 0 Å². The molecule has 0 amide bonds. The van der Waals surface area contributed by atoms with E-state index < -0.39 is 41.0 Å². The molecule has 8 nitrogen and oxygen atoms in total. The summed E-state index contributed by atoms with van der Waals surface area (Å²) in [6.45, 7) is -0.300. The molecule has 0 radical (unpaired) electrons. The van der Waals surface area contributed by atoms with Crippen molar-refractivity contribution in [1.29, 1.82) is 5.26 Å². The lowest BCUT2D eigenvalue weighted by Crippen LogP contribution is -2.54. The second-order valence-corrected chi connectivity index (χ2v) is 9.58. The fourth-order valence-electron chi connectivity index (χ4n) is 4.31. The molecule has 0 fully saturated rings. The molecule has 1 aromatic heterocycles. The first kappa shape index (κ1) is 29.1. The minimum Gasteiger partial charge on any atom is -0.381 e.